The van der Waals surface area contributed by atoms with Crippen molar-refractivity contribution in [2.24, 2.45) is 58.2 Å². The molecule has 12 nitrogen and oxygen atoms in total. The maximum absolute atomic E-state index is 15.2. The Balaban J connectivity index is 0.000000137. The number of hydrogen-bond acceptors (Lipinski definition) is 8. The summed E-state index contributed by atoms with van der Waals surface area (Å²) in [7, 11) is 0. The van der Waals surface area contributed by atoms with Crippen molar-refractivity contribution < 1.29 is 38.2 Å². The molecule has 4 aliphatic heterocycles. The summed E-state index contributed by atoms with van der Waals surface area (Å²) in [5.74, 6) is 2.66. The van der Waals surface area contributed by atoms with E-state index in [-0.39, 0.29) is 70.4 Å². The second-order valence-corrected chi connectivity index (χ2v) is 25.3. The summed E-state index contributed by atoms with van der Waals surface area (Å²) in [5, 5.41) is 27.1. The van der Waals surface area contributed by atoms with Gasteiger partial charge in [-0.2, -0.15) is 0 Å². The summed E-state index contributed by atoms with van der Waals surface area (Å²) in [4.78, 5) is 60.8. The molecule has 14 aliphatic rings. The van der Waals surface area contributed by atoms with Crippen molar-refractivity contribution in [3.05, 3.63) is 48.0 Å². The van der Waals surface area contributed by atoms with E-state index in [4.69, 9.17) is 0 Å². The first-order chi connectivity index (χ1) is 33.7. The number of nitrogens with zero attached hydrogens (tertiary/aromatic N) is 4. The molecule has 2 aromatic rings. The lowest BCUT2D eigenvalue weighted by molar-refractivity contribution is -0.168. The van der Waals surface area contributed by atoms with Crippen molar-refractivity contribution in [3.8, 4) is 0 Å². The number of aliphatic hydroxyl groups is 2. The summed E-state index contributed by atoms with van der Waals surface area (Å²) in [6.45, 7) is 4.18. The van der Waals surface area contributed by atoms with E-state index < -0.39 is 10.8 Å². The van der Waals surface area contributed by atoms with Crippen LogP contribution in [0.3, 0.4) is 0 Å². The molecule has 4 heterocycles. The average molecular weight is 963 g/mol. The zero-order chi connectivity index (χ0) is 47.9. The molecule has 14 fully saturated rings. The van der Waals surface area contributed by atoms with Crippen LogP contribution in [0, 0.1) is 69.8 Å². The Labute approximate surface area is 410 Å². The topological polar surface area (TPSA) is 146 Å². The molecule has 0 aromatic heterocycles. The van der Waals surface area contributed by atoms with Crippen LogP contribution in [0.4, 0.5) is 31.5 Å². The van der Waals surface area contributed by atoms with Gasteiger partial charge in [0, 0.05) is 73.6 Å². The number of aliphatic hydroxyl groups excluding tert-OH is 2. The maximum atomic E-state index is 15.2. The molecule has 2 spiro atoms. The fourth-order valence-electron chi connectivity index (χ4n) is 17.4. The summed E-state index contributed by atoms with van der Waals surface area (Å²) < 4.78 is 30.4. The Hall–Kier alpha value is -4.30. The molecule has 4 N–H and O–H groups in total. The summed E-state index contributed by atoms with van der Waals surface area (Å²) in [5.41, 5.74) is 1.05. The van der Waals surface area contributed by atoms with E-state index in [1.54, 1.807) is 24.3 Å². The monoisotopic (exact) mass is 963 g/mol. The number of amides is 4. The number of likely N-dealkylation sites (tertiary alicyclic amines) is 2. The lowest BCUT2D eigenvalue weighted by Gasteiger charge is -2.61. The number of rotatable bonds is 8. The lowest BCUT2D eigenvalue weighted by Crippen LogP contribution is -2.65. The van der Waals surface area contributed by atoms with Crippen molar-refractivity contribution in [1.29, 1.82) is 0 Å². The van der Waals surface area contributed by atoms with Crippen molar-refractivity contribution in [1.82, 2.24) is 9.80 Å². The largest absolute Gasteiger partial charge is 0.393 e. The van der Waals surface area contributed by atoms with Crippen LogP contribution in [0.25, 0.3) is 0 Å². The summed E-state index contributed by atoms with van der Waals surface area (Å²) in [6, 6.07) is 9.91. The zero-order valence-corrected chi connectivity index (χ0v) is 40.7. The van der Waals surface area contributed by atoms with E-state index in [0.29, 0.717) is 71.3 Å². The Kier molecular flexibility index (Phi) is 10.8. The Morgan fingerprint density at radius 3 is 1.29 bits per heavy atom. The molecule has 376 valence electrons. The maximum Gasteiger partial charge on any atom is 0.231 e. The van der Waals surface area contributed by atoms with Crippen LogP contribution in [0.5, 0.6) is 0 Å². The second kappa shape index (κ2) is 16.6. The van der Waals surface area contributed by atoms with Crippen molar-refractivity contribution in [3.63, 3.8) is 0 Å². The van der Waals surface area contributed by atoms with Gasteiger partial charge >= 0.3 is 0 Å². The number of piperidine rings is 2. The van der Waals surface area contributed by atoms with Crippen molar-refractivity contribution >= 4 is 46.4 Å². The number of carbonyl (C=O) groups is 4. The molecule has 6 atom stereocenters. The highest BCUT2D eigenvalue weighted by Crippen LogP contribution is 2.62. The van der Waals surface area contributed by atoms with E-state index in [1.807, 2.05) is 0 Å². The summed E-state index contributed by atoms with van der Waals surface area (Å²) in [6.07, 6.45) is 18.9. The van der Waals surface area contributed by atoms with Gasteiger partial charge in [-0.3, -0.25) is 19.2 Å². The molecule has 4 unspecified atom stereocenters. The molecule has 8 bridgehead atoms. The molecule has 4 saturated heterocycles. The molecule has 10 aliphatic carbocycles. The van der Waals surface area contributed by atoms with Crippen LogP contribution in [0.2, 0.25) is 0 Å². The third kappa shape index (κ3) is 7.59. The minimum absolute atomic E-state index is 0.0251. The second-order valence-electron chi connectivity index (χ2n) is 25.3. The average Bonchev–Trinajstić information content (AvgIpc) is 4.28. The first-order valence-corrected chi connectivity index (χ1v) is 27.4. The van der Waals surface area contributed by atoms with Gasteiger partial charge in [-0.1, -0.05) is 0 Å². The molecule has 4 amide bonds. The van der Waals surface area contributed by atoms with Gasteiger partial charge in [0.05, 0.1) is 34.4 Å². The van der Waals surface area contributed by atoms with Crippen molar-refractivity contribution in [2.75, 3.05) is 59.7 Å². The molecule has 10 saturated carbocycles. The predicted molar refractivity (Wildman–Crippen MR) is 261 cm³/mol. The number of halogens is 2. The first kappa shape index (κ1) is 45.6. The fourth-order valence-corrected chi connectivity index (χ4v) is 17.4. The standard InChI is InChI=1S/2C28H36FN3O3/c2*29-22-12-21(30-25(34)18-2-3-18)4-5-23(22)31-8-1-6-27(16-31)7-9-32(26(27)35)28-13-17-10-19(14-28)24(33)20(11-17)15-28/h2*4-5,12,17-20,24,33H,1-3,6-11,13-16H2,(H,30,34)/t2*17?,19?,20?,24?,27-,28?/m11/s1. The van der Waals surface area contributed by atoms with Crippen LogP contribution in [0.15, 0.2) is 36.4 Å². The number of nitrogens with one attached hydrogen (secondary N) is 2. The normalized spacial score (nSPS) is 40.1. The van der Waals surface area contributed by atoms with Gasteiger partial charge in [0.15, 0.2) is 0 Å². The third-order valence-electron chi connectivity index (χ3n) is 20.7. The number of benzene rings is 2. The van der Waals surface area contributed by atoms with Gasteiger partial charge in [-0.15, -0.1) is 0 Å². The van der Waals surface area contributed by atoms with E-state index in [0.717, 1.165) is 155 Å². The number of carbonyl (C=O) groups excluding carboxylic acids is 4. The quantitative estimate of drug-likeness (QED) is 0.209. The van der Waals surface area contributed by atoms with Crippen molar-refractivity contribution in [2.45, 2.75) is 152 Å². The van der Waals surface area contributed by atoms with Crippen LogP contribution in [-0.2, 0) is 19.2 Å². The molecule has 2 aromatic carbocycles. The van der Waals surface area contributed by atoms with Crippen LogP contribution < -0.4 is 20.4 Å². The molecular formula is C56H72F2N6O6. The molecule has 0 radical (unpaired) electrons. The SMILES string of the molecule is O=C(Nc1ccc(N2CCC[C@@]3(CCN(C45CC6CC(C4)C(O)C(C6)C5)C3=O)C2)c(F)c1)C1CC1.O=C(Nc1ccc(N2CCC[C@@]3(CCN(C45CC6CC(C4)C(O)C(C6)C5)C3=O)C2)c(F)c1)C1CC1. The highest BCUT2D eigenvalue weighted by Gasteiger charge is 2.64. The van der Waals surface area contributed by atoms with Gasteiger partial charge in [0.2, 0.25) is 23.6 Å². The van der Waals surface area contributed by atoms with Gasteiger partial charge < -0.3 is 40.4 Å². The zero-order valence-electron chi connectivity index (χ0n) is 40.7. The Bertz CT molecular complexity index is 2280. The Morgan fingerprint density at radius 2 is 0.929 bits per heavy atom. The van der Waals surface area contributed by atoms with Gasteiger partial charge in [-0.05, 0) is 200 Å². The number of anilines is 4. The molecule has 14 heteroatoms. The molecule has 16 rings (SSSR count). The number of hydrogen-bond donors (Lipinski definition) is 4. The van der Waals surface area contributed by atoms with E-state index >= 15 is 8.78 Å². The molecule has 70 heavy (non-hydrogen) atoms. The summed E-state index contributed by atoms with van der Waals surface area (Å²) >= 11 is 0. The fraction of sp³-hybridized carbons (Fsp3) is 0.714. The van der Waals surface area contributed by atoms with E-state index in [9.17, 15) is 29.4 Å². The highest BCUT2D eigenvalue weighted by molar-refractivity contribution is 5.95. The predicted octanol–water partition coefficient (Wildman–Crippen LogP) is 7.87. The smallest absolute Gasteiger partial charge is 0.231 e. The van der Waals surface area contributed by atoms with Crippen LogP contribution in [-0.4, -0.2) is 106 Å². The van der Waals surface area contributed by atoms with E-state index in [1.165, 1.54) is 12.1 Å². The highest BCUT2D eigenvalue weighted by atomic mass is 19.1. The lowest BCUT2D eigenvalue weighted by atomic mass is 9.51. The van der Waals surface area contributed by atoms with Crippen LogP contribution >= 0.6 is 0 Å². The van der Waals surface area contributed by atoms with Gasteiger partial charge in [0.25, 0.3) is 0 Å². The Morgan fingerprint density at radius 1 is 0.543 bits per heavy atom. The van der Waals surface area contributed by atoms with Crippen LogP contribution in [0.1, 0.15) is 128 Å². The van der Waals surface area contributed by atoms with Gasteiger partial charge in [-0.25, -0.2) is 8.78 Å². The minimum atomic E-state index is -0.439. The first-order valence-electron chi connectivity index (χ1n) is 27.4. The van der Waals surface area contributed by atoms with Gasteiger partial charge in [0.1, 0.15) is 11.6 Å². The molecular weight excluding hydrogens is 891 g/mol. The minimum Gasteiger partial charge on any atom is -0.393 e. The third-order valence-corrected chi connectivity index (χ3v) is 20.7. The van der Waals surface area contributed by atoms with E-state index in [2.05, 4.69) is 30.2 Å².